The summed E-state index contributed by atoms with van der Waals surface area (Å²) in [4.78, 5) is 6.94. The topological polar surface area (TPSA) is 28.2 Å². The molecular formula is C15H24ClN3. The summed E-state index contributed by atoms with van der Waals surface area (Å²) in [6, 6.07) is 2.85. The van der Waals surface area contributed by atoms with Crippen molar-refractivity contribution in [2.75, 3.05) is 18.0 Å². The quantitative estimate of drug-likeness (QED) is 0.738. The first-order valence-corrected chi connectivity index (χ1v) is 7.75. The molecule has 0 radical (unpaired) electrons. The van der Waals surface area contributed by atoms with Crippen molar-refractivity contribution in [1.82, 2.24) is 10.3 Å². The Hall–Kier alpha value is -0.800. The Labute approximate surface area is 121 Å². The maximum atomic E-state index is 6.23. The third-order valence-electron chi connectivity index (χ3n) is 3.41. The Morgan fingerprint density at radius 3 is 2.79 bits per heavy atom. The number of anilines is 1. The highest BCUT2D eigenvalue weighted by atomic mass is 35.5. The van der Waals surface area contributed by atoms with E-state index in [9.17, 15) is 0 Å². The largest absolute Gasteiger partial charge is 0.354 e. The van der Waals surface area contributed by atoms with Gasteiger partial charge in [0.1, 0.15) is 5.82 Å². The highest BCUT2D eigenvalue weighted by molar-refractivity contribution is 6.31. The van der Waals surface area contributed by atoms with Gasteiger partial charge in [0.2, 0.25) is 0 Å². The number of halogens is 1. The van der Waals surface area contributed by atoms with Crippen molar-refractivity contribution in [3.8, 4) is 0 Å². The van der Waals surface area contributed by atoms with Crippen LogP contribution in [0, 0.1) is 0 Å². The number of nitrogens with zero attached hydrogens (tertiary/aromatic N) is 2. The normalized spacial score (nSPS) is 14.7. The van der Waals surface area contributed by atoms with E-state index in [1.807, 2.05) is 0 Å². The van der Waals surface area contributed by atoms with Crippen LogP contribution < -0.4 is 10.2 Å². The first-order chi connectivity index (χ1) is 9.26. The maximum absolute atomic E-state index is 6.23. The lowest BCUT2D eigenvalue weighted by molar-refractivity contribution is 0.673. The zero-order chi connectivity index (χ0) is 13.7. The van der Waals surface area contributed by atoms with E-state index < -0.39 is 0 Å². The van der Waals surface area contributed by atoms with E-state index in [0.717, 1.165) is 48.9 Å². The van der Waals surface area contributed by atoms with Crippen LogP contribution in [0.25, 0.3) is 0 Å². The molecule has 2 rings (SSSR count). The van der Waals surface area contributed by atoms with Crippen molar-refractivity contribution in [1.29, 1.82) is 0 Å². The second-order valence-electron chi connectivity index (χ2n) is 5.24. The van der Waals surface area contributed by atoms with Crippen LogP contribution >= 0.6 is 11.6 Å². The molecule has 0 unspecified atom stereocenters. The molecule has 1 aliphatic carbocycles. The van der Waals surface area contributed by atoms with Crippen molar-refractivity contribution >= 4 is 17.4 Å². The lowest BCUT2D eigenvalue weighted by atomic mass is 10.2. The molecule has 1 heterocycles. The van der Waals surface area contributed by atoms with Gasteiger partial charge in [-0.3, -0.25) is 0 Å². The highest BCUT2D eigenvalue weighted by Crippen LogP contribution is 2.32. The van der Waals surface area contributed by atoms with Crippen molar-refractivity contribution in [3.05, 3.63) is 22.8 Å². The van der Waals surface area contributed by atoms with E-state index >= 15 is 0 Å². The van der Waals surface area contributed by atoms with E-state index in [2.05, 4.69) is 35.1 Å². The lowest BCUT2D eigenvalue weighted by Crippen LogP contribution is -2.27. The second kappa shape index (κ2) is 7.11. The molecule has 1 aliphatic rings. The average Bonchev–Trinajstić information content (AvgIpc) is 3.23. The van der Waals surface area contributed by atoms with Gasteiger partial charge in [-0.25, -0.2) is 4.98 Å². The van der Waals surface area contributed by atoms with Gasteiger partial charge in [-0.15, -0.1) is 0 Å². The second-order valence-corrected chi connectivity index (χ2v) is 5.64. The van der Waals surface area contributed by atoms with E-state index in [1.54, 1.807) is 6.20 Å². The minimum atomic E-state index is 0.699. The van der Waals surface area contributed by atoms with Crippen molar-refractivity contribution in [2.24, 2.45) is 0 Å². The van der Waals surface area contributed by atoms with Crippen LogP contribution in [0.5, 0.6) is 0 Å². The van der Waals surface area contributed by atoms with Gasteiger partial charge >= 0.3 is 0 Å². The number of hydrogen-bond acceptors (Lipinski definition) is 3. The smallest absolute Gasteiger partial charge is 0.129 e. The molecule has 0 atom stereocenters. The summed E-state index contributed by atoms with van der Waals surface area (Å²) >= 11 is 6.23. The van der Waals surface area contributed by atoms with Gasteiger partial charge in [0, 0.05) is 25.3 Å². The summed E-state index contributed by atoms with van der Waals surface area (Å²) < 4.78 is 0. The van der Waals surface area contributed by atoms with Crippen molar-refractivity contribution in [2.45, 2.75) is 52.1 Å². The molecule has 0 spiro atoms. The molecule has 3 nitrogen and oxygen atoms in total. The summed E-state index contributed by atoms with van der Waals surface area (Å²) in [5, 5.41) is 4.17. The number of nitrogens with one attached hydrogen (secondary N) is 1. The first kappa shape index (κ1) is 14.6. The minimum absolute atomic E-state index is 0.699. The summed E-state index contributed by atoms with van der Waals surface area (Å²) in [5.41, 5.74) is 1.15. The van der Waals surface area contributed by atoms with E-state index in [0.29, 0.717) is 6.04 Å². The molecule has 1 aromatic heterocycles. The van der Waals surface area contributed by atoms with Crippen molar-refractivity contribution < 1.29 is 0 Å². The lowest BCUT2D eigenvalue weighted by Gasteiger charge is -2.23. The number of rotatable bonds is 8. The van der Waals surface area contributed by atoms with Gasteiger partial charge in [-0.1, -0.05) is 25.4 Å². The van der Waals surface area contributed by atoms with Gasteiger partial charge in [0.15, 0.2) is 0 Å². The van der Waals surface area contributed by atoms with Gasteiger partial charge in [-0.05, 0) is 43.9 Å². The fraction of sp³-hybridized carbons (Fsp3) is 0.667. The Morgan fingerprint density at radius 2 is 2.16 bits per heavy atom. The third-order valence-corrected chi connectivity index (χ3v) is 3.75. The summed E-state index contributed by atoms with van der Waals surface area (Å²) in [6.07, 6.45) is 6.69. The van der Waals surface area contributed by atoms with Crippen LogP contribution in [0.4, 0.5) is 5.82 Å². The Kier molecular flexibility index (Phi) is 5.46. The zero-order valence-corrected chi connectivity index (χ0v) is 12.7. The molecule has 1 aromatic rings. The summed E-state index contributed by atoms with van der Waals surface area (Å²) in [5.74, 6) is 1.09. The summed E-state index contributed by atoms with van der Waals surface area (Å²) in [7, 11) is 0. The van der Waals surface area contributed by atoms with Crippen molar-refractivity contribution in [3.63, 3.8) is 0 Å². The van der Waals surface area contributed by atoms with Crippen LogP contribution in [-0.4, -0.2) is 24.1 Å². The highest BCUT2D eigenvalue weighted by Gasteiger charge is 2.29. The van der Waals surface area contributed by atoms with Gasteiger partial charge in [-0.2, -0.15) is 0 Å². The Bertz CT molecular complexity index is 404. The molecule has 0 aliphatic heterocycles. The average molecular weight is 282 g/mol. The van der Waals surface area contributed by atoms with E-state index in [-0.39, 0.29) is 0 Å². The molecule has 0 amide bonds. The summed E-state index contributed by atoms with van der Waals surface area (Å²) in [6.45, 7) is 7.32. The number of pyridine rings is 1. The standard InChI is InChI=1S/C15H24ClN3/c1-3-7-17-10-12-9-15(18-11-14(12)16)19(8-4-2)13-5-6-13/h9,11,13,17H,3-8,10H2,1-2H3. The van der Waals surface area contributed by atoms with Gasteiger partial charge in [0.05, 0.1) is 5.02 Å². The predicted octanol–water partition coefficient (Wildman–Crippen LogP) is 3.61. The van der Waals surface area contributed by atoms with E-state index in [1.165, 1.54) is 12.8 Å². The van der Waals surface area contributed by atoms with E-state index in [4.69, 9.17) is 11.6 Å². The maximum Gasteiger partial charge on any atom is 0.129 e. The Morgan fingerprint density at radius 1 is 1.37 bits per heavy atom. The van der Waals surface area contributed by atoms with Gasteiger partial charge in [0.25, 0.3) is 0 Å². The fourth-order valence-corrected chi connectivity index (χ4v) is 2.44. The Balaban J connectivity index is 2.09. The van der Waals surface area contributed by atoms with Crippen LogP contribution in [0.1, 0.15) is 45.1 Å². The minimum Gasteiger partial charge on any atom is -0.354 e. The molecule has 1 saturated carbocycles. The molecule has 19 heavy (non-hydrogen) atoms. The van der Waals surface area contributed by atoms with Crippen LogP contribution in [0.3, 0.4) is 0 Å². The number of aromatic nitrogens is 1. The number of hydrogen-bond donors (Lipinski definition) is 1. The molecule has 0 saturated heterocycles. The molecule has 0 bridgehead atoms. The van der Waals surface area contributed by atoms with Crippen LogP contribution in [0.15, 0.2) is 12.3 Å². The fourth-order valence-electron chi connectivity index (χ4n) is 2.27. The van der Waals surface area contributed by atoms with Gasteiger partial charge < -0.3 is 10.2 Å². The molecule has 1 N–H and O–H groups in total. The molecule has 1 fully saturated rings. The molecule has 106 valence electrons. The monoisotopic (exact) mass is 281 g/mol. The van der Waals surface area contributed by atoms with Crippen LogP contribution in [-0.2, 0) is 6.54 Å². The molecule has 0 aromatic carbocycles. The predicted molar refractivity (Wildman–Crippen MR) is 81.9 cm³/mol. The first-order valence-electron chi connectivity index (χ1n) is 7.38. The molecular weight excluding hydrogens is 258 g/mol. The molecule has 4 heteroatoms. The SMILES string of the molecule is CCCNCc1cc(N(CCC)C2CC2)ncc1Cl. The third kappa shape index (κ3) is 4.08. The zero-order valence-electron chi connectivity index (χ0n) is 12.0. The van der Waals surface area contributed by atoms with Crippen LogP contribution in [0.2, 0.25) is 5.02 Å².